The SMILES string of the molecule is CCOOP(=O)(/C=C/c1cc(Cl)c(C(=O)OC)c(Cl)c1)OOCC. The molecule has 0 amide bonds. The summed E-state index contributed by atoms with van der Waals surface area (Å²) < 4.78 is 26.4. The number of ether oxygens (including phenoxy) is 1. The second-order valence-electron chi connectivity index (χ2n) is 4.17. The predicted octanol–water partition coefficient (Wildman–Crippen LogP) is 4.88. The Bertz CT molecular complexity index is 613. The van der Waals surface area contributed by atoms with Gasteiger partial charge in [0.2, 0.25) is 0 Å². The first-order chi connectivity index (χ1) is 11.4. The summed E-state index contributed by atoms with van der Waals surface area (Å²) in [6.07, 6.45) is 1.39. The van der Waals surface area contributed by atoms with Gasteiger partial charge in [-0.2, -0.15) is 0 Å². The third-order valence-electron chi connectivity index (χ3n) is 2.45. The number of esters is 1. The van der Waals surface area contributed by atoms with E-state index in [1.54, 1.807) is 13.8 Å². The van der Waals surface area contributed by atoms with Gasteiger partial charge in [-0.05, 0) is 37.6 Å². The Kier molecular flexibility index (Phi) is 8.94. The molecule has 0 radical (unpaired) electrons. The Morgan fingerprint density at radius 3 is 2.04 bits per heavy atom. The molecule has 0 unspecified atom stereocenters. The van der Waals surface area contributed by atoms with Crippen LogP contribution >= 0.6 is 30.8 Å². The van der Waals surface area contributed by atoms with Crippen molar-refractivity contribution in [2.75, 3.05) is 20.3 Å². The molecule has 1 rings (SSSR count). The largest absolute Gasteiger partial charge is 0.465 e. The Morgan fingerprint density at radius 1 is 1.12 bits per heavy atom. The molecule has 0 aliphatic heterocycles. The van der Waals surface area contributed by atoms with Gasteiger partial charge in [0.25, 0.3) is 0 Å². The lowest BCUT2D eigenvalue weighted by Crippen LogP contribution is -2.03. The molecule has 0 spiro atoms. The lowest BCUT2D eigenvalue weighted by Gasteiger charge is -2.11. The number of carbonyl (C=O) groups is 1. The van der Waals surface area contributed by atoms with E-state index < -0.39 is 13.6 Å². The maximum absolute atomic E-state index is 12.4. The van der Waals surface area contributed by atoms with Crippen molar-refractivity contribution in [2.24, 2.45) is 0 Å². The molecule has 0 fully saturated rings. The molecule has 0 saturated carbocycles. The van der Waals surface area contributed by atoms with Crippen molar-refractivity contribution in [1.82, 2.24) is 0 Å². The van der Waals surface area contributed by atoms with Crippen molar-refractivity contribution in [3.05, 3.63) is 39.1 Å². The first-order valence-corrected chi connectivity index (χ1v) is 9.22. The standard InChI is InChI=1S/C14H17Cl2O7P/c1-4-20-22-24(18,23-21-5-2)7-6-10-8-11(15)13(12(16)9-10)14(17)19-3/h6-9H,4-5H2,1-3H3/b7-6+. The van der Waals surface area contributed by atoms with Crippen LogP contribution in [-0.2, 0) is 28.4 Å². The predicted molar refractivity (Wildman–Crippen MR) is 89.9 cm³/mol. The van der Waals surface area contributed by atoms with E-state index in [1.807, 2.05) is 0 Å². The van der Waals surface area contributed by atoms with E-state index in [4.69, 9.17) is 32.6 Å². The maximum atomic E-state index is 12.4. The van der Waals surface area contributed by atoms with Crippen LogP contribution < -0.4 is 0 Å². The van der Waals surface area contributed by atoms with Crippen molar-refractivity contribution in [1.29, 1.82) is 0 Å². The van der Waals surface area contributed by atoms with E-state index in [9.17, 15) is 9.36 Å². The number of carbonyl (C=O) groups excluding carboxylic acids is 1. The van der Waals surface area contributed by atoms with Crippen LogP contribution in [0.3, 0.4) is 0 Å². The first-order valence-electron chi connectivity index (χ1n) is 6.85. The minimum Gasteiger partial charge on any atom is -0.465 e. The first kappa shape index (κ1) is 21.1. The molecule has 0 saturated heterocycles. The van der Waals surface area contributed by atoms with Crippen molar-refractivity contribution < 1.29 is 33.2 Å². The molecule has 0 atom stereocenters. The van der Waals surface area contributed by atoms with Crippen molar-refractivity contribution in [2.45, 2.75) is 13.8 Å². The molecule has 0 heterocycles. The van der Waals surface area contributed by atoms with Gasteiger partial charge in [0.15, 0.2) is 0 Å². The molecule has 0 N–H and O–H groups in total. The molecule has 0 aromatic heterocycles. The minimum absolute atomic E-state index is 0.0392. The zero-order valence-electron chi connectivity index (χ0n) is 13.3. The summed E-state index contributed by atoms with van der Waals surface area (Å²) in [6, 6.07) is 2.89. The van der Waals surface area contributed by atoms with Crippen molar-refractivity contribution in [3.63, 3.8) is 0 Å². The van der Waals surface area contributed by atoms with E-state index in [-0.39, 0.29) is 28.8 Å². The van der Waals surface area contributed by atoms with Crippen LogP contribution in [0.2, 0.25) is 10.0 Å². The molecule has 24 heavy (non-hydrogen) atoms. The van der Waals surface area contributed by atoms with E-state index in [1.165, 1.54) is 25.3 Å². The number of halogens is 2. The quantitative estimate of drug-likeness (QED) is 0.253. The number of rotatable bonds is 9. The second-order valence-corrected chi connectivity index (χ2v) is 6.66. The topological polar surface area (TPSA) is 80.3 Å². The third-order valence-corrected chi connectivity index (χ3v) is 4.19. The van der Waals surface area contributed by atoms with Gasteiger partial charge < -0.3 is 4.74 Å². The summed E-state index contributed by atoms with van der Waals surface area (Å²) in [5.41, 5.74) is 0.496. The van der Waals surface area contributed by atoms with Crippen LogP contribution in [0.5, 0.6) is 0 Å². The van der Waals surface area contributed by atoms with Crippen molar-refractivity contribution in [3.8, 4) is 0 Å². The van der Waals surface area contributed by atoms with Crippen molar-refractivity contribution >= 4 is 42.8 Å². The fourth-order valence-electron chi connectivity index (χ4n) is 1.48. The average Bonchev–Trinajstić information content (AvgIpc) is 2.55. The maximum Gasteiger partial charge on any atom is 0.407 e. The molecule has 134 valence electrons. The lowest BCUT2D eigenvalue weighted by atomic mass is 10.1. The van der Waals surface area contributed by atoms with Crippen LogP contribution in [0.25, 0.3) is 6.08 Å². The normalized spacial score (nSPS) is 11.9. The van der Waals surface area contributed by atoms with Crippen LogP contribution in [0.1, 0.15) is 29.8 Å². The van der Waals surface area contributed by atoms with Crippen LogP contribution in [-0.4, -0.2) is 26.3 Å². The zero-order valence-corrected chi connectivity index (χ0v) is 15.7. The number of hydrogen-bond acceptors (Lipinski definition) is 7. The molecule has 0 aliphatic rings. The lowest BCUT2D eigenvalue weighted by molar-refractivity contribution is -0.260. The minimum atomic E-state index is -3.79. The van der Waals surface area contributed by atoms with Crippen LogP contribution in [0, 0.1) is 0 Å². The fourth-order valence-corrected chi connectivity index (χ4v) is 3.12. The number of hydrogen-bond donors (Lipinski definition) is 0. The Hall–Kier alpha value is -0.920. The molecule has 7 nitrogen and oxygen atoms in total. The monoisotopic (exact) mass is 398 g/mol. The Morgan fingerprint density at radius 2 is 1.62 bits per heavy atom. The number of methoxy groups -OCH3 is 1. The summed E-state index contributed by atoms with van der Waals surface area (Å²) in [6.45, 7) is 3.64. The molecule has 1 aromatic carbocycles. The fraction of sp³-hybridized carbons (Fsp3) is 0.357. The smallest absolute Gasteiger partial charge is 0.407 e. The highest BCUT2D eigenvalue weighted by Crippen LogP contribution is 2.50. The van der Waals surface area contributed by atoms with Gasteiger partial charge in [-0.1, -0.05) is 23.2 Å². The van der Waals surface area contributed by atoms with E-state index in [0.717, 1.165) is 5.82 Å². The average molecular weight is 399 g/mol. The highest BCUT2D eigenvalue weighted by atomic mass is 35.5. The third kappa shape index (κ3) is 6.18. The molecule has 10 heteroatoms. The van der Waals surface area contributed by atoms with Gasteiger partial charge >= 0.3 is 13.6 Å². The van der Waals surface area contributed by atoms with Gasteiger partial charge in [-0.15, -0.1) is 9.35 Å². The van der Waals surface area contributed by atoms with Gasteiger partial charge in [-0.3, -0.25) is 4.57 Å². The Labute approximate surface area is 149 Å². The van der Waals surface area contributed by atoms with E-state index in [2.05, 4.69) is 14.5 Å². The van der Waals surface area contributed by atoms with Crippen LogP contribution in [0.15, 0.2) is 17.9 Å². The van der Waals surface area contributed by atoms with E-state index in [0.29, 0.717) is 5.56 Å². The molecule has 1 aromatic rings. The molecular formula is C14H17Cl2O7P. The summed E-state index contributed by atoms with van der Waals surface area (Å²) in [7, 11) is -2.57. The Balaban J connectivity index is 3.06. The summed E-state index contributed by atoms with van der Waals surface area (Å²) in [5, 5.41) is 0.167. The highest BCUT2D eigenvalue weighted by Gasteiger charge is 2.24. The van der Waals surface area contributed by atoms with Crippen LogP contribution in [0.4, 0.5) is 0 Å². The highest BCUT2D eigenvalue weighted by molar-refractivity contribution is 7.57. The van der Waals surface area contributed by atoms with Gasteiger partial charge in [0.05, 0.1) is 35.9 Å². The summed E-state index contributed by atoms with van der Waals surface area (Å²) in [4.78, 5) is 20.9. The molecular weight excluding hydrogens is 382 g/mol. The van der Waals surface area contributed by atoms with Gasteiger partial charge in [-0.25, -0.2) is 14.6 Å². The molecule has 0 aliphatic carbocycles. The summed E-state index contributed by atoms with van der Waals surface area (Å²) >= 11 is 12.1. The molecule has 0 bridgehead atoms. The second kappa shape index (κ2) is 10.2. The summed E-state index contributed by atoms with van der Waals surface area (Å²) in [5.74, 6) is 0.462. The van der Waals surface area contributed by atoms with Gasteiger partial charge in [0, 0.05) is 5.82 Å². The van der Waals surface area contributed by atoms with E-state index >= 15 is 0 Å². The number of benzene rings is 1. The van der Waals surface area contributed by atoms with Gasteiger partial charge in [0.1, 0.15) is 0 Å². The zero-order chi connectivity index (χ0) is 18.2.